The van der Waals surface area contributed by atoms with Crippen LogP contribution in [0.15, 0.2) is 28.7 Å². The summed E-state index contributed by atoms with van der Waals surface area (Å²) in [6.45, 7) is 4.39. The number of carbonyl (C=O) groups excluding carboxylic acids is 1. The van der Waals surface area contributed by atoms with E-state index in [1.807, 2.05) is 30.0 Å². The molecular formula is C19H20N4O2. The first-order valence-electron chi connectivity index (χ1n) is 8.38. The third-order valence-corrected chi connectivity index (χ3v) is 4.65. The maximum Gasteiger partial charge on any atom is 0.240 e. The number of rotatable bonds is 3. The Labute approximate surface area is 146 Å². The van der Waals surface area contributed by atoms with Crippen LogP contribution < -0.4 is 0 Å². The van der Waals surface area contributed by atoms with Gasteiger partial charge in [-0.15, -0.1) is 10.2 Å². The molecule has 0 radical (unpaired) electrons. The summed E-state index contributed by atoms with van der Waals surface area (Å²) in [5, 5.41) is 17.4. The SMILES string of the molecule is CC(=O)N1CCC[C@H](c2nnc(/C=C/c3ccccc3C#N)o2)[C@@H]1C. The van der Waals surface area contributed by atoms with Gasteiger partial charge in [0.05, 0.1) is 17.6 Å². The van der Waals surface area contributed by atoms with Gasteiger partial charge in [0.2, 0.25) is 17.7 Å². The Bertz CT molecular complexity index is 834. The molecule has 6 nitrogen and oxygen atoms in total. The van der Waals surface area contributed by atoms with Crippen LogP contribution in [0.4, 0.5) is 0 Å². The normalized spacial score (nSPS) is 20.6. The monoisotopic (exact) mass is 336 g/mol. The van der Waals surface area contributed by atoms with Crippen LogP contribution in [-0.2, 0) is 4.79 Å². The van der Waals surface area contributed by atoms with Crippen molar-refractivity contribution in [1.29, 1.82) is 5.26 Å². The van der Waals surface area contributed by atoms with E-state index < -0.39 is 0 Å². The van der Waals surface area contributed by atoms with E-state index in [0.717, 1.165) is 24.9 Å². The molecule has 1 fully saturated rings. The van der Waals surface area contributed by atoms with Gasteiger partial charge in [0.25, 0.3) is 0 Å². The average molecular weight is 336 g/mol. The van der Waals surface area contributed by atoms with Crippen LogP contribution in [0.2, 0.25) is 0 Å². The number of piperidine rings is 1. The molecule has 2 heterocycles. The van der Waals surface area contributed by atoms with Gasteiger partial charge in [-0.25, -0.2) is 0 Å². The van der Waals surface area contributed by atoms with E-state index in [0.29, 0.717) is 17.3 Å². The molecule has 1 amide bonds. The number of benzene rings is 1. The van der Waals surface area contributed by atoms with E-state index in [4.69, 9.17) is 9.68 Å². The van der Waals surface area contributed by atoms with E-state index in [-0.39, 0.29) is 17.9 Å². The first-order valence-corrected chi connectivity index (χ1v) is 8.38. The molecule has 3 rings (SSSR count). The molecule has 2 aromatic rings. The summed E-state index contributed by atoms with van der Waals surface area (Å²) in [7, 11) is 0. The van der Waals surface area contributed by atoms with Gasteiger partial charge in [-0.3, -0.25) is 4.79 Å². The van der Waals surface area contributed by atoms with Crippen molar-refractivity contribution in [2.45, 2.75) is 38.6 Å². The van der Waals surface area contributed by atoms with Gasteiger partial charge in [-0.1, -0.05) is 18.2 Å². The predicted octanol–water partition coefficient (Wildman–Crippen LogP) is 3.23. The van der Waals surface area contributed by atoms with Gasteiger partial charge >= 0.3 is 0 Å². The van der Waals surface area contributed by atoms with Crippen molar-refractivity contribution in [2.75, 3.05) is 6.54 Å². The van der Waals surface area contributed by atoms with Crippen LogP contribution in [-0.4, -0.2) is 33.6 Å². The highest BCUT2D eigenvalue weighted by Crippen LogP contribution is 2.32. The van der Waals surface area contributed by atoms with Crippen LogP contribution in [0, 0.1) is 11.3 Å². The molecule has 1 saturated heterocycles. The zero-order valence-corrected chi connectivity index (χ0v) is 14.3. The van der Waals surface area contributed by atoms with E-state index in [2.05, 4.69) is 16.3 Å². The van der Waals surface area contributed by atoms with Crippen LogP contribution in [0.3, 0.4) is 0 Å². The zero-order valence-electron chi connectivity index (χ0n) is 14.3. The molecule has 0 bridgehead atoms. The molecule has 0 saturated carbocycles. The molecule has 0 N–H and O–H groups in total. The molecule has 0 spiro atoms. The third kappa shape index (κ3) is 3.61. The lowest BCUT2D eigenvalue weighted by Gasteiger charge is -2.37. The molecule has 0 aliphatic carbocycles. The number of hydrogen-bond acceptors (Lipinski definition) is 5. The summed E-state index contributed by atoms with van der Waals surface area (Å²) in [6, 6.07) is 9.52. The molecule has 2 atom stereocenters. The highest BCUT2D eigenvalue weighted by molar-refractivity contribution is 5.73. The van der Waals surface area contributed by atoms with Crippen LogP contribution >= 0.6 is 0 Å². The van der Waals surface area contributed by atoms with Gasteiger partial charge < -0.3 is 9.32 Å². The lowest BCUT2D eigenvalue weighted by molar-refractivity contribution is -0.132. The van der Waals surface area contributed by atoms with Gasteiger partial charge in [-0.2, -0.15) is 5.26 Å². The molecular weight excluding hydrogens is 316 g/mol. The predicted molar refractivity (Wildman–Crippen MR) is 93.2 cm³/mol. The summed E-state index contributed by atoms with van der Waals surface area (Å²) in [5.41, 5.74) is 1.40. The number of nitrogens with zero attached hydrogens (tertiary/aromatic N) is 4. The Kier molecular flexibility index (Phi) is 4.94. The van der Waals surface area contributed by atoms with E-state index in [1.165, 1.54) is 0 Å². The van der Waals surface area contributed by atoms with Crippen molar-refractivity contribution in [1.82, 2.24) is 15.1 Å². The molecule has 1 aromatic carbocycles. The second-order valence-corrected chi connectivity index (χ2v) is 6.21. The Morgan fingerprint density at radius 1 is 1.36 bits per heavy atom. The number of nitriles is 1. The minimum absolute atomic E-state index is 0.0443. The van der Waals surface area contributed by atoms with Crippen molar-refractivity contribution in [3.05, 3.63) is 47.2 Å². The number of likely N-dealkylation sites (tertiary alicyclic amines) is 1. The van der Waals surface area contributed by atoms with Gasteiger partial charge in [0.15, 0.2) is 0 Å². The molecule has 1 aromatic heterocycles. The van der Waals surface area contributed by atoms with Crippen LogP contribution in [0.1, 0.15) is 55.5 Å². The van der Waals surface area contributed by atoms with Crippen molar-refractivity contribution >= 4 is 18.1 Å². The average Bonchev–Trinajstić information content (AvgIpc) is 3.09. The Morgan fingerprint density at radius 3 is 2.92 bits per heavy atom. The Morgan fingerprint density at radius 2 is 2.16 bits per heavy atom. The number of hydrogen-bond donors (Lipinski definition) is 0. The van der Waals surface area contributed by atoms with E-state index in [9.17, 15) is 4.79 Å². The quantitative estimate of drug-likeness (QED) is 0.859. The molecule has 1 aliphatic heterocycles. The van der Waals surface area contributed by atoms with Gasteiger partial charge in [-0.05, 0) is 37.5 Å². The maximum atomic E-state index is 11.7. The topological polar surface area (TPSA) is 83.0 Å². The van der Waals surface area contributed by atoms with Crippen LogP contribution in [0.25, 0.3) is 12.2 Å². The number of amides is 1. The lowest BCUT2D eigenvalue weighted by Crippen LogP contribution is -2.44. The maximum absolute atomic E-state index is 11.7. The van der Waals surface area contributed by atoms with Crippen LogP contribution in [0.5, 0.6) is 0 Å². The highest BCUT2D eigenvalue weighted by atomic mass is 16.4. The largest absolute Gasteiger partial charge is 0.421 e. The van der Waals surface area contributed by atoms with Crippen molar-refractivity contribution in [3.8, 4) is 6.07 Å². The zero-order chi connectivity index (χ0) is 17.8. The fraction of sp³-hybridized carbons (Fsp3) is 0.368. The summed E-state index contributed by atoms with van der Waals surface area (Å²) in [6.07, 6.45) is 5.36. The summed E-state index contributed by atoms with van der Waals surface area (Å²) in [5.74, 6) is 1.09. The number of aromatic nitrogens is 2. The fourth-order valence-electron chi connectivity index (χ4n) is 3.29. The van der Waals surface area contributed by atoms with Gasteiger partial charge in [0, 0.05) is 25.6 Å². The molecule has 0 unspecified atom stereocenters. The van der Waals surface area contributed by atoms with Crippen molar-refractivity contribution in [2.24, 2.45) is 0 Å². The number of carbonyl (C=O) groups is 1. The first-order chi connectivity index (χ1) is 12.1. The first kappa shape index (κ1) is 16.9. The molecule has 25 heavy (non-hydrogen) atoms. The third-order valence-electron chi connectivity index (χ3n) is 4.65. The van der Waals surface area contributed by atoms with E-state index in [1.54, 1.807) is 25.1 Å². The highest BCUT2D eigenvalue weighted by Gasteiger charge is 2.33. The summed E-state index contributed by atoms with van der Waals surface area (Å²) >= 11 is 0. The Balaban J connectivity index is 1.77. The van der Waals surface area contributed by atoms with Crippen molar-refractivity contribution < 1.29 is 9.21 Å². The molecule has 128 valence electrons. The van der Waals surface area contributed by atoms with Crippen molar-refractivity contribution in [3.63, 3.8) is 0 Å². The second kappa shape index (κ2) is 7.31. The standard InChI is InChI=1S/C19H20N4O2/c1-13-17(8-5-11-23(13)14(2)24)19-22-21-18(25-19)10-9-15-6-3-4-7-16(15)12-20/h3-4,6-7,9-10,13,17H,5,8,11H2,1-2H3/b10-9+/t13-,17-/m0/s1. The minimum Gasteiger partial charge on any atom is -0.421 e. The van der Waals surface area contributed by atoms with Gasteiger partial charge in [0.1, 0.15) is 0 Å². The minimum atomic E-state index is 0.0443. The summed E-state index contributed by atoms with van der Waals surface area (Å²) in [4.78, 5) is 13.6. The Hall–Kier alpha value is -2.94. The molecule has 6 heteroatoms. The summed E-state index contributed by atoms with van der Waals surface area (Å²) < 4.78 is 5.79. The lowest BCUT2D eigenvalue weighted by atomic mass is 9.90. The second-order valence-electron chi connectivity index (χ2n) is 6.21. The fourth-order valence-corrected chi connectivity index (χ4v) is 3.29. The molecule has 1 aliphatic rings. The smallest absolute Gasteiger partial charge is 0.240 e. The van der Waals surface area contributed by atoms with E-state index >= 15 is 0 Å².